The van der Waals surface area contributed by atoms with Crippen LogP contribution in [0.5, 0.6) is 0 Å². The molecular formula is C17H20O9S. The average molecular weight is 400 g/mol. The first-order chi connectivity index (χ1) is 12.6. The Bertz CT molecular complexity index is 803. The molecule has 0 aliphatic carbocycles. The maximum absolute atomic E-state index is 13.0. The lowest BCUT2D eigenvalue weighted by Crippen LogP contribution is -2.59. The maximum atomic E-state index is 13.0. The molecule has 1 saturated heterocycles. The van der Waals surface area contributed by atoms with Crippen LogP contribution in [0.2, 0.25) is 0 Å². The Labute approximate surface area is 156 Å². The Morgan fingerprint density at radius 2 is 1.41 bits per heavy atom. The third-order valence-corrected chi connectivity index (χ3v) is 5.63. The summed E-state index contributed by atoms with van der Waals surface area (Å²) in [6.45, 7) is 2.96. The lowest BCUT2D eigenvalue weighted by Gasteiger charge is -2.40. The van der Waals surface area contributed by atoms with Gasteiger partial charge in [-0.3, -0.25) is 14.4 Å². The molecule has 10 heteroatoms. The van der Waals surface area contributed by atoms with Crippen LogP contribution in [0.3, 0.4) is 0 Å². The van der Waals surface area contributed by atoms with Crippen molar-refractivity contribution in [1.82, 2.24) is 0 Å². The topological polar surface area (TPSA) is 122 Å². The number of hydrogen-bond acceptors (Lipinski definition) is 9. The molecule has 0 N–H and O–H groups in total. The predicted octanol–water partition coefficient (Wildman–Crippen LogP) is 0.612. The van der Waals surface area contributed by atoms with Crippen molar-refractivity contribution in [2.24, 2.45) is 0 Å². The summed E-state index contributed by atoms with van der Waals surface area (Å²) in [6.07, 6.45) is -3.99. The summed E-state index contributed by atoms with van der Waals surface area (Å²) >= 11 is 0. The Hall–Kier alpha value is -2.46. The van der Waals surface area contributed by atoms with E-state index in [1.54, 1.807) is 6.07 Å². The minimum atomic E-state index is -4.11. The molecule has 0 radical (unpaired) electrons. The number of carbonyl (C=O) groups excluding carboxylic acids is 3. The van der Waals surface area contributed by atoms with Crippen molar-refractivity contribution in [2.75, 3.05) is 6.61 Å². The summed E-state index contributed by atoms with van der Waals surface area (Å²) in [5, 5.41) is 0. The van der Waals surface area contributed by atoms with Gasteiger partial charge < -0.3 is 18.9 Å². The van der Waals surface area contributed by atoms with Crippen molar-refractivity contribution in [3.8, 4) is 0 Å². The Morgan fingerprint density at radius 1 is 0.889 bits per heavy atom. The van der Waals surface area contributed by atoms with E-state index in [0.29, 0.717) is 0 Å². The molecule has 0 unspecified atom stereocenters. The minimum absolute atomic E-state index is 0.0559. The molecule has 27 heavy (non-hydrogen) atoms. The van der Waals surface area contributed by atoms with Crippen LogP contribution < -0.4 is 0 Å². The zero-order valence-electron chi connectivity index (χ0n) is 15.0. The highest BCUT2D eigenvalue weighted by Crippen LogP contribution is 2.30. The summed E-state index contributed by atoms with van der Waals surface area (Å²) in [6, 6.07) is 7.43. The number of benzene rings is 1. The van der Waals surface area contributed by atoms with Gasteiger partial charge in [-0.05, 0) is 12.1 Å². The van der Waals surface area contributed by atoms with E-state index >= 15 is 0 Å². The number of hydrogen-bond donors (Lipinski definition) is 0. The number of esters is 3. The van der Waals surface area contributed by atoms with Crippen LogP contribution in [0.1, 0.15) is 20.8 Å². The first-order valence-corrected chi connectivity index (χ1v) is 9.59. The highest BCUT2D eigenvalue weighted by molar-refractivity contribution is 7.92. The Morgan fingerprint density at radius 3 is 1.93 bits per heavy atom. The van der Waals surface area contributed by atoms with Gasteiger partial charge in [0, 0.05) is 20.8 Å². The fourth-order valence-corrected chi connectivity index (χ4v) is 4.35. The minimum Gasteiger partial charge on any atom is -0.456 e. The molecule has 0 amide bonds. The molecule has 1 aromatic rings. The van der Waals surface area contributed by atoms with Crippen LogP contribution in [0.25, 0.3) is 0 Å². The average Bonchev–Trinajstić information content (AvgIpc) is 2.57. The molecule has 1 aliphatic heterocycles. The van der Waals surface area contributed by atoms with Gasteiger partial charge in [0.05, 0.1) is 11.5 Å². The van der Waals surface area contributed by atoms with Gasteiger partial charge in [0.2, 0.25) is 15.3 Å². The first kappa shape index (κ1) is 20.8. The third-order valence-electron chi connectivity index (χ3n) is 3.68. The van der Waals surface area contributed by atoms with Crippen molar-refractivity contribution >= 4 is 27.7 Å². The zero-order valence-corrected chi connectivity index (χ0v) is 15.8. The third kappa shape index (κ3) is 5.04. The molecule has 1 fully saturated rings. The van der Waals surface area contributed by atoms with Crippen LogP contribution in [0, 0.1) is 0 Å². The Balaban J connectivity index is 2.46. The van der Waals surface area contributed by atoms with E-state index in [-0.39, 0.29) is 11.5 Å². The summed E-state index contributed by atoms with van der Waals surface area (Å²) in [7, 11) is -4.11. The summed E-state index contributed by atoms with van der Waals surface area (Å²) in [5.74, 6) is -2.25. The molecule has 9 nitrogen and oxygen atoms in total. The zero-order chi connectivity index (χ0) is 20.2. The standard InChI is InChI=1S/C17H20O9S/c1-10(18)24-14-9-23-17(27(21,22)13-7-5-4-6-8-13)16(26-12(3)20)15(14)25-11(2)19/h4-8,14-17H,9H2,1-3H3/t14-,15-,16-,17+/m1/s1. The van der Waals surface area contributed by atoms with E-state index in [9.17, 15) is 22.8 Å². The van der Waals surface area contributed by atoms with Gasteiger partial charge in [0.15, 0.2) is 18.3 Å². The van der Waals surface area contributed by atoms with Gasteiger partial charge in [-0.1, -0.05) is 18.2 Å². The van der Waals surface area contributed by atoms with Crippen LogP contribution in [0.15, 0.2) is 35.2 Å². The molecule has 4 atom stereocenters. The lowest BCUT2D eigenvalue weighted by atomic mass is 10.1. The molecule has 148 valence electrons. The van der Waals surface area contributed by atoms with Gasteiger partial charge in [-0.2, -0.15) is 0 Å². The fourth-order valence-electron chi connectivity index (χ4n) is 2.72. The maximum Gasteiger partial charge on any atom is 0.303 e. The van der Waals surface area contributed by atoms with Crippen LogP contribution >= 0.6 is 0 Å². The van der Waals surface area contributed by atoms with Gasteiger partial charge >= 0.3 is 17.9 Å². The summed E-state index contributed by atoms with van der Waals surface area (Å²) in [5.41, 5.74) is -1.64. The van der Waals surface area contributed by atoms with E-state index < -0.39 is 51.5 Å². The number of carbonyl (C=O) groups is 3. The smallest absolute Gasteiger partial charge is 0.303 e. The van der Waals surface area contributed by atoms with Crippen LogP contribution in [-0.2, 0) is 43.2 Å². The SMILES string of the molecule is CC(=O)O[C@@H]1[C@H](OC(C)=O)[C@H](OC(C)=O)CO[C@H]1S(=O)(=O)c1ccccc1. The van der Waals surface area contributed by atoms with Gasteiger partial charge in [-0.25, -0.2) is 8.42 Å². The second kappa shape index (κ2) is 8.49. The fraction of sp³-hybridized carbons (Fsp3) is 0.471. The van der Waals surface area contributed by atoms with E-state index in [1.807, 2.05) is 0 Å². The van der Waals surface area contributed by atoms with Crippen LogP contribution in [-0.4, -0.2) is 56.7 Å². The Kier molecular flexibility index (Phi) is 6.55. The molecule has 0 spiro atoms. The quantitative estimate of drug-likeness (QED) is 0.517. The van der Waals surface area contributed by atoms with E-state index in [4.69, 9.17) is 18.9 Å². The van der Waals surface area contributed by atoms with Gasteiger partial charge in [0.1, 0.15) is 0 Å². The second-order valence-electron chi connectivity index (χ2n) is 5.86. The van der Waals surface area contributed by atoms with Crippen molar-refractivity contribution < 1.29 is 41.7 Å². The second-order valence-corrected chi connectivity index (χ2v) is 7.88. The van der Waals surface area contributed by atoms with Crippen molar-refractivity contribution in [2.45, 2.75) is 49.4 Å². The summed E-state index contributed by atoms with van der Waals surface area (Å²) in [4.78, 5) is 34.3. The molecule has 1 aromatic carbocycles. The van der Waals surface area contributed by atoms with E-state index in [0.717, 1.165) is 20.8 Å². The van der Waals surface area contributed by atoms with E-state index in [1.165, 1.54) is 24.3 Å². The molecule has 1 heterocycles. The number of sulfone groups is 1. The van der Waals surface area contributed by atoms with Gasteiger partial charge in [0.25, 0.3) is 0 Å². The lowest BCUT2D eigenvalue weighted by molar-refractivity contribution is -0.214. The molecule has 0 aromatic heterocycles. The normalized spacial score (nSPS) is 25.3. The largest absolute Gasteiger partial charge is 0.456 e. The summed E-state index contributed by atoms with van der Waals surface area (Å²) < 4.78 is 46.7. The van der Waals surface area contributed by atoms with Crippen molar-refractivity contribution in [3.05, 3.63) is 30.3 Å². The van der Waals surface area contributed by atoms with Crippen LogP contribution in [0.4, 0.5) is 0 Å². The molecular weight excluding hydrogens is 380 g/mol. The van der Waals surface area contributed by atoms with Crippen molar-refractivity contribution in [3.63, 3.8) is 0 Å². The van der Waals surface area contributed by atoms with E-state index in [2.05, 4.69) is 0 Å². The highest BCUT2D eigenvalue weighted by atomic mass is 32.2. The monoisotopic (exact) mass is 400 g/mol. The number of ether oxygens (including phenoxy) is 4. The van der Waals surface area contributed by atoms with Crippen molar-refractivity contribution in [1.29, 1.82) is 0 Å². The molecule has 1 aliphatic rings. The molecule has 0 bridgehead atoms. The predicted molar refractivity (Wildman–Crippen MR) is 90.0 cm³/mol. The molecule has 2 rings (SSSR count). The molecule has 0 saturated carbocycles. The highest BCUT2D eigenvalue weighted by Gasteiger charge is 2.52. The number of rotatable bonds is 5. The van der Waals surface area contributed by atoms with Gasteiger partial charge in [-0.15, -0.1) is 0 Å². The first-order valence-electron chi connectivity index (χ1n) is 8.05.